The normalized spacial score (nSPS) is 12.2. The maximum atomic E-state index is 5.73. The molecule has 0 aliphatic heterocycles. The fraction of sp³-hybridized carbons (Fsp3) is 0.385. The molecule has 0 aromatic heterocycles. The molecule has 1 aromatic carbocycles. The first kappa shape index (κ1) is 11.8. The van der Waals surface area contributed by atoms with Crippen molar-refractivity contribution in [2.45, 2.75) is 26.4 Å². The van der Waals surface area contributed by atoms with E-state index in [1.54, 1.807) is 6.08 Å². The quantitative estimate of drug-likeness (QED) is 0.749. The second kappa shape index (κ2) is 5.56. The Morgan fingerprint density at radius 1 is 1.53 bits per heavy atom. The van der Waals surface area contributed by atoms with Crippen molar-refractivity contribution in [2.24, 2.45) is 5.73 Å². The van der Waals surface area contributed by atoms with E-state index in [-0.39, 0.29) is 6.10 Å². The van der Waals surface area contributed by atoms with Gasteiger partial charge in [-0.1, -0.05) is 30.4 Å². The Morgan fingerprint density at radius 3 is 2.87 bits per heavy atom. The Balaban J connectivity index is 2.89. The highest BCUT2D eigenvalue weighted by molar-refractivity contribution is 5.37. The molecule has 2 heteroatoms. The maximum Gasteiger partial charge on any atom is 0.123 e. The van der Waals surface area contributed by atoms with Crippen LogP contribution in [0.4, 0.5) is 0 Å². The van der Waals surface area contributed by atoms with Gasteiger partial charge in [0.1, 0.15) is 11.9 Å². The average molecular weight is 205 g/mol. The summed E-state index contributed by atoms with van der Waals surface area (Å²) in [7, 11) is 0. The van der Waals surface area contributed by atoms with Crippen molar-refractivity contribution in [1.82, 2.24) is 0 Å². The van der Waals surface area contributed by atoms with Crippen molar-refractivity contribution >= 4 is 0 Å². The summed E-state index contributed by atoms with van der Waals surface area (Å²) in [4.78, 5) is 0. The first-order valence-corrected chi connectivity index (χ1v) is 5.26. The number of ether oxygens (including phenoxy) is 1. The van der Waals surface area contributed by atoms with E-state index in [1.165, 1.54) is 11.1 Å². The summed E-state index contributed by atoms with van der Waals surface area (Å²) in [6.07, 6.45) is 2.66. The highest BCUT2D eigenvalue weighted by Crippen LogP contribution is 2.21. The zero-order chi connectivity index (χ0) is 11.3. The van der Waals surface area contributed by atoms with Crippen molar-refractivity contribution in [3.8, 4) is 5.75 Å². The van der Waals surface area contributed by atoms with E-state index in [2.05, 4.69) is 19.6 Å². The molecule has 0 aliphatic rings. The minimum Gasteiger partial charge on any atom is -0.486 e. The van der Waals surface area contributed by atoms with E-state index < -0.39 is 0 Å². The van der Waals surface area contributed by atoms with Gasteiger partial charge < -0.3 is 10.5 Å². The third-order valence-electron chi connectivity index (χ3n) is 2.27. The summed E-state index contributed by atoms with van der Waals surface area (Å²) in [6, 6.07) is 6.17. The van der Waals surface area contributed by atoms with Crippen molar-refractivity contribution in [3.05, 3.63) is 42.0 Å². The van der Waals surface area contributed by atoms with Crippen LogP contribution in [0.25, 0.3) is 0 Å². The SMILES string of the molecule is C=CC(C)Oc1ccc(C)cc1CCN. The molecule has 2 N–H and O–H groups in total. The minimum absolute atomic E-state index is 0.0317. The molecule has 15 heavy (non-hydrogen) atoms. The first-order chi connectivity index (χ1) is 7.17. The van der Waals surface area contributed by atoms with E-state index >= 15 is 0 Å². The van der Waals surface area contributed by atoms with Crippen LogP contribution in [-0.4, -0.2) is 12.6 Å². The number of hydrogen-bond acceptors (Lipinski definition) is 2. The Kier molecular flexibility index (Phi) is 4.37. The molecule has 1 rings (SSSR count). The van der Waals surface area contributed by atoms with Gasteiger partial charge in [0.2, 0.25) is 0 Å². The highest BCUT2D eigenvalue weighted by Gasteiger charge is 2.05. The van der Waals surface area contributed by atoms with E-state index in [9.17, 15) is 0 Å². The molecule has 0 spiro atoms. The lowest BCUT2D eigenvalue weighted by Gasteiger charge is -2.15. The van der Waals surface area contributed by atoms with Crippen LogP contribution in [0.1, 0.15) is 18.1 Å². The van der Waals surface area contributed by atoms with E-state index in [0.717, 1.165) is 12.2 Å². The van der Waals surface area contributed by atoms with Crippen LogP contribution in [0.5, 0.6) is 5.75 Å². The topological polar surface area (TPSA) is 35.2 Å². The average Bonchev–Trinajstić information content (AvgIpc) is 2.22. The second-order valence-corrected chi connectivity index (χ2v) is 3.71. The van der Waals surface area contributed by atoms with Crippen molar-refractivity contribution in [1.29, 1.82) is 0 Å². The lowest BCUT2D eigenvalue weighted by atomic mass is 10.1. The zero-order valence-corrected chi connectivity index (χ0v) is 9.49. The maximum absolute atomic E-state index is 5.73. The molecule has 0 amide bonds. The molecule has 1 atom stereocenters. The number of benzene rings is 1. The Labute approximate surface area is 91.7 Å². The molecule has 2 nitrogen and oxygen atoms in total. The highest BCUT2D eigenvalue weighted by atomic mass is 16.5. The third kappa shape index (κ3) is 3.40. The molecule has 0 saturated carbocycles. The summed E-state index contributed by atoms with van der Waals surface area (Å²) >= 11 is 0. The summed E-state index contributed by atoms with van der Waals surface area (Å²) in [5, 5.41) is 0. The summed E-state index contributed by atoms with van der Waals surface area (Å²) in [5.74, 6) is 0.915. The van der Waals surface area contributed by atoms with Gasteiger partial charge in [-0.05, 0) is 38.4 Å². The Hall–Kier alpha value is -1.28. The van der Waals surface area contributed by atoms with Crippen LogP contribution in [0.15, 0.2) is 30.9 Å². The van der Waals surface area contributed by atoms with Gasteiger partial charge in [0, 0.05) is 0 Å². The Bertz CT molecular complexity index is 333. The van der Waals surface area contributed by atoms with Gasteiger partial charge in [-0.15, -0.1) is 0 Å². The molecule has 0 aliphatic carbocycles. The first-order valence-electron chi connectivity index (χ1n) is 5.26. The number of hydrogen-bond donors (Lipinski definition) is 1. The smallest absolute Gasteiger partial charge is 0.123 e. The molecule has 82 valence electrons. The molecule has 0 bridgehead atoms. The monoisotopic (exact) mass is 205 g/mol. The van der Waals surface area contributed by atoms with Gasteiger partial charge in [-0.3, -0.25) is 0 Å². The molecule has 1 unspecified atom stereocenters. The predicted molar refractivity (Wildman–Crippen MR) is 64.2 cm³/mol. The standard InChI is InChI=1S/C13H19NO/c1-4-11(3)15-13-6-5-10(2)9-12(13)7-8-14/h4-6,9,11H,1,7-8,14H2,2-3H3. The Morgan fingerprint density at radius 2 is 2.27 bits per heavy atom. The summed E-state index contributed by atoms with van der Waals surface area (Å²) in [6.45, 7) is 8.38. The largest absolute Gasteiger partial charge is 0.486 e. The van der Waals surface area contributed by atoms with Crippen molar-refractivity contribution in [3.63, 3.8) is 0 Å². The van der Waals surface area contributed by atoms with Gasteiger partial charge in [0.25, 0.3) is 0 Å². The summed E-state index contributed by atoms with van der Waals surface area (Å²) < 4.78 is 5.73. The van der Waals surface area contributed by atoms with Gasteiger partial charge in [-0.2, -0.15) is 0 Å². The van der Waals surface area contributed by atoms with E-state index in [1.807, 2.05) is 19.1 Å². The number of aryl methyl sites for hydroxylation is 1. The lowest BCUT2D eigenvalue weighted by Crippen LogP contribution is -2.11. The van der Waals surface area contributed by atoms with Gasteiger partial charge in [-0.25, -0.2) is 0 Å². The molecule has 1 aromatic rings. The van der Waals surface area contributed by atoms with Gasteiger partial charge in [0.15, 0.2) is 0 Å². The summed E-state index contributed by atoms with van der Waals surface area (Å²) in [5.41, 5.74) is 7.97. The second-order valence-electron chi connectivity index (χ2n) is 3.71. The lowest BCUT2D eigenvalue weighted by molar-refractivity contribution is 0.267. The number of nitrogens with two attached hydrogens (primary N) is 1. The number of rotatable bonds is 5. The van der Waals surface area contributed by atoms with Crippen LogP contribution < -0.4 is 10.5 Å². The van der Waals surface area contributed by atoms with Crippen LogP contribution in [0, 0.1) is 6.92 Å². The van der Waals surface area contributed by atoms with Gasteiger partial charge in [0.05, 0.1) is 0 Å². The molecule has 0 heterocycles. The molecule has 0 radical (unpaired) electrons. The van der Waals surface area contributed by atoms with Crippen molar-refractivity contribution < 1.29 is 4.74 Å². The van der Waals surface area contributed by atoms with Crippen LogP contribution in [0.3, 0.4) is 0 Å². The van der Waals surface area contributed by atoms with Crippen LogP contribution >= 0.6 is 0 Å². The molecule has 0 fully saturated rings. The van der Waals surface area contributed by atoms with Crippen molar-refractivity contribution in [2.75, 3.05) is 6.54 Å². The molecular formula is C13H19NO. The van der Waals surface area contributed by atoms with E-state index in [4.69, 9.17) is 10.5 Å². The molecular weight excluding hydrogens is 186 g/mol. The van der Waals surface area contributed by atoms with Crippen LogP contribution in [-0.2, 0) is 6.42 Å². The van der Waals surface area contributed by atoms with E-state index in [0.29, 0.717) is 6.54 Å². The predicted octanol–water partition coefficient (Wildman–Crippen LogP) is 2.45. The van der Waals surface area contributed by atoms with Gasteiger partial charge >= 0.3 is 0 Å². The molecule has 0 saturated heterocycles. The fourth-order valence-corrected chi connectivity index (χ4v) is 1.42. The minimum atomic E-state index is 0.0317. The fourth-order valence-electron chi connectivity index (χ4n) is 1.42. The zero-order valence-electron chi connectivity index (χ0n) is 9.49. The van der Waals surface area contributed by atoms with Crippen LogP contribution in [0.2, 0.25) is 0 Å². The third-order valence-corrected chi connectivity index (χ3v) is 2.27.